The van der Waals surface area contributed by atoms with Crippen LogP contribution in [-0.2, 0) is 18.4 Å². The molecule has 1 aromatic carbocycles. The van der Waals surface area contributed by atoms with Crippen molar-refractivity contribution in [1.29, 1.82) is 0 Å². The predicted molar refractivity (Wildman–Crippen MR) is 103 cm³/mol. The highest BCUT2D eigenvalue weighted by Gasteiger charge is 2.31. The number of piperidine rings is 1. The largest absolute Gasteiger partial charge is 0.340 e. The molecule has 2 aliphatic heterocycles. The molecule has 4 rings (SSSR count). The standard InChI is InChI=1S/C20H29N5O/c1-15-12-25(11-9-21-15)20(26)16-6-5-10-24(13-16)14-19-22-17-7-3-4-8-18(17)23(19)2/h3-4,7-8,15-16,21H,5-6,9-14H2,1-2H3/t15-,16+/m0/s1. The van der Waals surface area contributed by atoms with Gasteiger partial charge in [-0.3, -0.25) is 9.69 Å². The Labute approximate surface area is 155 Å². The van der Waals surface area contributed by atoms with Crippen LogP contribution in [0.5, 0.6) is 0 Å². The molecule has 0 spiro atoms. The van der Waals surface area contributed by atoms with Crippen molar-refractivity contribution in [1.82, 2.24) is 24.7 Å². The predicted octanol–water partition coefficient (Wildman–Crippen LogP) is 1.61. The molecule has 0 aliphatic carbocycles. The van der Waals surface area contributed by atoms with Crippen molar-refractivity contribution >= 4 is 16.9 Å². The Morgan fingerprint density at radius 1 is 1.27 bits per heavy atom. The smallest absolute Gasteiger partial charge is 0.227 e. The molecule has 2 aliphatic rings. The highest BCUT2D eigenvalue weighted by molar-refractivity contribution is 5.79. The summed E-state index contributed by atoms with van der Waals surface area (Å²) in [6.45, 7) is 7.43. The molecule has 1 amide bonds. The van der Waals surface area contributed by atoms with Gasteiger partial charge in [0.15, 0.2) is 0 Å². The molecule has 0 bridgehead atoms. The van der Waals surface area contributed by atoms with E-state index in [1.165, 1.54) is 5.52 Å². The fourth-order valence-electron chi connectivity index (χ4n) is 4.33. The zero-order valence-electron chi connectivity index (χ0n) is 15.8. The Morgan fingerprint density at radius 2 is 2.12 bits per heavy atom. The third-order valence-electron chi connectivity index (χ3n) is 5.78. The number of aromatic nitrogens is 2. The summed E-state index contributed by atoms with van der Waals surface area (Å²) in [7, 11) is 2.08. The van der Waals surface area contributed by atoms with Crippen LogP contribution in [0, 0.1) is 5.92 Å². The van der Waals surface area contributed by atoms with Crippen LogP contribution in [0.3, 0.4) is 0 Å². The maximum atomic E-state index is 13.0. The lowest BCUT2D eigenvalue weighted by molar-refractivity contribution is -0.138. The molecule has 0 radical (unpaired) electrons. The number of likely N-dealkylation sites (tertiary alicyclic amines) is 1. The molecule has 0 saturated carbocycles. The summed E-state index contributed by atoms with van der Waals surface area (Å²) >= 11 is 0. The van der Waals surface area contributed by atoms with Crippen molar-refractivity contribution in [2.45, 2.75) is 32.4 Å². The molecular formula is C20H29N5O. The van der Waals surface area contributed by atoms with Gasteiger partial charge in [0.2, 0.25) is 5.91 Å². The number of fused-ring (bicyclic) bond motifs is 1. The van der Waals surface area contributed by atoms with Crippen molar-refractivity contribution in [3.05, 3.63) is 30.1 Å². The lowest BCUT2D eigenvalue weighted by Crippen LogP contribution is -2.54. The number of benzene rings is 1. The number of aryl methyl sites for hydroxylation is 1. The summed E-state index contributed by atoms with van der Waals surface area (Å²) in [5.74, 6) is 1.55. The molecular weight excluding hydrogens is 326 g/mol. The molecule has 3 heterocycles. The van der Waals surface area contributed by atoms with E-state index in [0.717, 1.165) is 63.5 Å². The zero-order valence-corrected chi connectivity index (χ0v) is 15.8. The summed E-state index contributed by atoms with van der Waals surface area (Å²) in [6, 6.07) is 8.65. The Balaban J connectivity index is 1.43. The van der Waals surface area contributed by atoms with E-state index in [0.29, 0.717) is 11.9 Å². The van der Waals surface area contributed by atoms with Gasteiger partial charge in [-0.2, -0.15) is 0 Å². The minimum Gasteiger partial charge on any atom is -0.340 e. The van der Waals surface area contributed by atoms with E-state index < -0.39 is 0 Å². The van der Waals surface area contributed by atoms with Crippen LogP contribution < -0.4 is 5.32 Å². The van der Waals surface area contributed by atoms with Gasteiger partial charge in [-0.15, -0.1) is 0 Å². The molecule has 2 saturated heterocycles. The van der Waals surface area contributed by atoms with Crippen LogP contribution in [0.1, 0.15) is 25.6 Å². The third kappa shape index (κ3) is 3.48. The van der Waals surface area contributed by atoms with E-state index in [4.69, 9.17) is 4.98 Å². The summed E-state index contributed by atoms with van der Waals surface area (Å²) in [6.07, 6.45) is 2.10. The van der Waals surface area contributed by atoms with Crippen molar-refractivity contribution in [3.8, 4) is 0 Å². The SMILES string of the molecule is C[C@H]1CN(C(=O)[C@@H]2CCCN(Cc3nc4ccccc4n3C)C2)CCN1. The van der Waals surface area contributed by atoms with Crippen molar-refractivity contribution in [2.24, 2.45) is 13.0 Å². The van der Waals surface area contributed by atoms with Crippen LogP contribution >= 0.6 is 0 Å². The Bertz CT molecular complexity index is 786. The highest BCUT2D eigenvalue weighted by Crippen LogP contribution is 2.22. The van der Waals surface area contributed by atoms with Gasteiger partial charge >= 0.3 is 0 Å². The zero-order chi connectivity index (χ0) is 18.1. The van der Waals surface area contributed by atoms with E-state index >= 15 is 0 Å². The minimum absolute atomic E-state index is 0.128. The van der Waals surface area contributed by atoms with Gasteiger partial charge in [0.25, 0.3) is 0 Å². The lowest BCUT2D eigenvalue weighted by atomic mass is 9.96. The second-order valence-electron chi connectivity index (χ2n) is 7.79. The first-order valence-electron chi connectivity index (χ1n) is 9.76. The van der Waals surface area contributed by atoms with Crippen molar-refractivity contribution < 1.29 is 4.79 Å². The first-order chi connectivity index (χ1) is 12.6. The first kappa shape index (κ1) is 17.5. The second kappa shape index (κ2) is 7.37. The quantitative estimate of drug-likeness (QED) is 0.909. The van der Waals surface area contributed by atoms with Crippen LogP contribution in [0.2, 0.25) is 0 Å². The summed E-state index contributed by atoms with van der Waals surface area (Å²) in [4.78, 5) is 22.2. The normalized spacial score (nSPS) is 24.9. The molecule has 2 atom stereocenters. The maximum absolute atomic E-state index is 13.0. The molecule has 2 aromatic rings. The van der Waals surface area contributed by atoms with Crippen molar-refractivity contribution in [2.75, 3.05) is 32.7 Å². The summed E-state index contributed by atoms with van der Waals surface area (Å²) in [5, 5.41) is 3.41. The van der Waals surface area contributed by atoms with Crippen LogP contribution in [0.15, 0.2) is 24.3 Å². The number of imidazole rings is 1. The molecule has 2 fully saturated rings. The topological polar surface area (TPSA) is 53.4 Å². The van der Waals surface area contributed by atoms with E-state index in [2.05, 4.69) is 51.9 Å². The molecule has 1 N–H and O–H groups in total. The molecule has 140 valence electrons. The summed E-state index contributed by atoms with van der Waals surface area (Å²) in [5.41, 5.74) is 2.21. The van der Waals surface area contributed by atoms with Gasteiger partial charge in [-0.05, 0) is 38.4 Å². The Morgan fingerprint density at radius 3 is 2.92 bits per heavy atom. The number of para-hydroxylation sites is 2. The monoisotopic (exact) mass is 355 g/mol. The van der Waals surface area contributed by atoms with Crippen LogP contribution in [-0.4, -0.2) is 64.0 Å². The van der Waals surface area contributed by atoms with E-state index in [-0.39, 0.29) is 5.92 Å². The number of rotatable bonds is 3. The number of amides is 1. The van der Waals surface area contributed by atoms with Gasteiger partial charge in [0, 0.05) is 39.3 Å². The second-order valence-corrected chi connectivity index (χ2v) is 7.79. The molecule has 6 heteroatoms. The van der Waals surface area contributed by atoms with Crippen LogP contribution in [0.25, 0.3) is 11.0 Å². The Kier molecular flexibility index (Phi) is 4.96. The van der Waals surface area contributed by atoms with Gasteiger partial charge in [0.1, 0.15) is 5.82 Å². The number of nitrogens with one attached hydrogen (secondary N) is 1. The molecule has 26 heavy (non-hydrogen) atoms. The van der Waals surface area contributed by atoms with Crippen LogP contribution in [0.4, 0.5) is 0 Å². The fourth-order valence-corrected chi connectivity index (χ4v) is 4.33. The minimum atomic E-state index is 0.128. The number of piperazine rings is 1. The first-order valence-corrected chi connectivity index (χ1v) is 9.76. The summed E-state index contributed by atoms with van der Waals surface area (Å²) < 4.78 is 2.18. The molecule has 1 aromatic heterocycles. The fraction of sp³-hybridized carbons (Fsp3) is 0.600. The van der Waals surface area contributed by atoms with Gasteiger partial charge in [-0.25, -0.2) is 4.98 Å². The van der Waals surface area contributed by atoms with Crippen molar-refractivity contribution in [3.63, 3.8) is 0 Å². The average Bonchev–Trinajstić information content (AvgIpc) is 2.97. The maximum Gasteiger partial charge on any atom is 0.227 e. The third-order valence-corrected chi connectivity index (χ3v) is 5.78. The van der Waals surface area contributed by atoms with E-state index in [1.807, 2.05) is 6.07 Å². The Hall–Kier alpha value is -1.92. The van der Waals surface area contributed by atoms with Gasteiger partial charge in [-0.1, -0.05) is 12.1 Å². The van der Waals surface area contributed by atoms with E-state index in [9.17, 15) is 4.79 Å². The van der Waals surface area contributed by atoms with E-state index in [1.54, 1.807) is 0 Å². The number of hydrogen-bond donors (Lipinski definition) is 1. The van der Waals surface area contributed by atoms with Gasteiger partial charge in [0.05, 0.1) is 23.5 Å². The average molecular weight is 355 g/mol. The molecule has 6 nitrogen and oxygen atoms in total. The van der Waals surface area contributed by atoms with Gasteiger partial charge < -0.3 is 14.8 Å². The molecule has 0 unspecified atom stereocenters. The number of hydrogen-bond acceptors (Lipinski definition) is 4. The number of carbonyl (C=O) groups is 1. The number of carbonyl (C=O) groups excluding carboxylic acids is 1. The lowest BCUT2D eigenvalue weighted by Gasteiger charge is -2.37. The highest BCUT2D eigenvalue weighted by atomic mass is 16.2. The number of nitrogens with zero attached hydrogens (tertiary/aromatic N) is 4.